The average Bonchev–Trinajstić information content (AvgIpc) is 2.73. The molecule has 0 aliphatic carbocycles. The van der Waals surface area contributed by atoms with Gasteiger partial charge in [-0.2, -0.15) is 11.8 Å². The number of thioether (sulfide) groups is 1. The second kappa shape index (κ2) is 9.67. The lowest BCUT2D eigenvalue weighted by atomic mass is 10.1. The Balaban J connectivity index is 2.45. The van der Waals surface area contributed by atoms with Crippen LogP contribution in [0.2, 0.25) is 0 Å². The van der Waals surface area contributed by atoms with Crippen LogP contribution in [0.4, 0.5) is 0 Å². The number of carbonyl (C=O) groups is 1. The van der Waals surface area contributed by atoms with Crippen LogP contribution in [0.25, 0.3) is 0 Å². The third kappa shape index (κ3) is 5.28. The lowest BCUT2D eigenvalue weighted by molar-refractivity contribution is -0.130. The van der Waals surface area contributed by atoms with Crippen LogP contribution in [0.1, 0.15) is 59.3 Å². The Kier molecular flexibility index (Phi) is 8.62. The molecule has 2 atom stereocenters. The normalized spacial score (nSPS) is 23.1. The molecule has 1 amide bonds. The summed E-state index contributed by atoms with van der Waals surface area (Å²) in [5.74, 6) is 2.05. The van der Waals surface area contributed by atoms with Gasteiger partial charge in [0, 0.05) is 6.54 Å². The average molecular weight is 301 g/mol. The lowest BCUT2D eigenvalue weighted by Gasteiger charge is -2.27. The summed E-state index contributed by atoms with van der Waals surface area (Å²) in [6, 6.07) is 0.0635. The van der Waals surface area contributed by atoms with E-state index in [-0.39, 0.29) is 12.2 Å². The molecule has 1 fully saturated rings. The van der Waals surface area contributed by atoms with Crippen molar-refractivity contribution in [3.63, 3.8) is 0 Å². The Morgan fingerprint density at radius 2 is 2.00 bits per heavy atom. The minimum Gasteiger partial charge on any atom is -0.326 e. The first-order valence-electron chi connectivity index (χ1n) is 8.17. The van der Waals surface area contributed by atoms with Gasteiger partial charge in [-0.3, -0.25) is 10.1 Å². The van der Waals surface area contributed by atoms with E-state index >= 15 is 0 Å². The number of unbranched alkanes of at least 4 members (excludes halogenated alkanes) is 3. The molecule has 0 saturated carbocycles. The number of nitrogens with zero attached hydrogens (tertiary/aromatic N) is 1. The van der Waals surface area contributed by atoms with Gasteiger partial charge in [-0.1, -0.05) is 40.0 Å². The van der Waals surface area contributed by atoms with Crippen molar-refractivity contribution in [3.8, 4) is 0 Å². The highest BCUT2D eigenvalue weighted by atomic mass is 32.2. The molecule has 1 rings (SSSR count). The van der Waals surface area contributed by atoms with Crippen molar-refractivity contribution in [1.82, 2.24) is 10.2 Å². The van der Waals surface area contributed by atoms with Gasteiger partial charge < -0.3 is 4.90 Å². The van der Waals surface area contributed by atoms with Gasteiger partial charge in [0.15, 0.2) is 0 Å². The molecule has 118 valence electrons. The van der Waals surface area contributed by atoms with Gasteiger partial charge in [0.25, 0.3) is 0 Å². The van der Waals surface area contributed by atoms with Crippen LogP contribution in [0.15, 0.2) is 0 Å². The lowest BCUT2D eigenvalue weighted by Crippen LogP contribution is -2.41. The Morgan fingerprint density at radius 3 is 2.60 bits per heavy atom. The summed E-state index contributed by atoms with van der Waals surface area (Å²) in [5.41, 5.74) is 0. The van der Waals surface area contributed by atoms with E-state index in [4.69, 9.17) is 0 Å². The molecule has 1 N–H and O–H groups in total. The fraction of sp³-hybridized carbons (Fsp3) is 0.938. The number of hydrogen-bond donors (Lipinski definition) is 1. The van der Waals surface area contributed by atoms with Crippen LogP contribution in [0.3, 0.4) is 0 Å². The molecule has 0 bridgehead atoms. The quantitative estimate of drug-likeness (QED) is 0.627. The van der Waals surface area contributed by atoms with E-state index in [0.29, 0.717) is 11.8 Å². The Morgan fingerprint density at radius 1 is 1.25 bits per heavy atom. The third-order valence-electron chi connectivity index (χ3n) is 4.01. The number of nitrogens with one attached hydrogen (secondary N) is 1. The molecule has 3 nitrogen and oxygen atoms in total. The SMILES string of the molecule is CCCCC1NC(C(C)C)N(CCCCCSC)C1=O. The molecule has 0 aromatic rings. The topological polar surface area (TPSA) is 32.3 Å². The van der Waals surface area contributed by atoms with E-state index in [1.165, 1.54) is 18.6 Å². The van der Waals surface area contributed by atoms with Crippen LogP contribution in [0, 0.1) is 5.92 Å². The predicted molar refractivity (Wildman–Crippen MR) is 89.0 cm³/mol. The van der Waals surface area contributed by atoms with Gasteiger partial charge >= 0.3 is 0 Å². The number of carbonyl (C=O) groups excluding carboxylic acids is 1. The maximum Gasteiger partial charge on any atom is 0.241 e. The van der Waals surface area contributed by atoms with Crippen LogP contribution < -0.4 is 5.32 Å². The summed E-state index contributed by atoms with van der Waals surface area (Å²) in [6.07, 6.45) is 9.31. The highest BCUT2D eigenvalue weighted by Crippen LogP contribution is 2.21. The maximum atomic E-state index is 12.5. The Bertz CT molecular complexity index is 284. The molecular weight excluding hydrogens is 268 g/mol. The molecule has 2 unspecified atom stereocenters. The highest BCUT2D eigenvalue weighted by molar-refractivity contribution is 7.98. The fourth-order valence-electron chi connectivity index (χ4n) is 2.83. The largest absolute Gasteiger partial charge is 0.326 e. The van der Waals surface area contributed by atoms with Crippen molar-refractivity contribution in [1.29, 1.82) is 0 Å². The van der Waals surface area contributed by atoms with Gasteiger partial charge in [0.05, 0.1) is 12.2 Å². The van der Waals surface area contributed by atoms with Crippen molar-refractivity contribution in [2.75, 3.05) is 18.6 Å². The van der Waals surface area contributed by atoms with E-state index in [1.807, 2.05) is 11.8 Å². The molecular formula is C16H32N2OS. The second-order valence-electron chi connectivity index (χ2n) is 6.14. The van der Waals surface area contributed by atoms with Gasteiger partial charge in [-0.25, -0.2) is 0 Å². The summed E-state index contributed by atoms with van der Waals surface area (Å²) in [7, 11) is 0. The van der Waals surface area contributed by atoms with Crippen LogP contribution in [-0.2, 0) is 4.79 Å². The minimum absolute atomic E-state index is 0.0635. The zero-order valence-corrected chi connectivity index (χ0v) is 14.5. The second-order valence-corrected chi connectivity index (χ2v) is 7.12. The predicted octanol–water partition coefficient (Wildman–Crippen LogP) is 3.49. The van der Waals surface area contributed by atoms with E-state index in [1.54, 1.807) is 0 Å². The number of hydrogen-bond acceptors (Lipinski definition) is 3. The highest BCUT2D eigenvalue weighted by Gasteiger charge is 2.38. The Labute approximate surface area is 129 Å². The summed E-state index contributed by atoms with van der Waals surface area (Å²) in [4.78, 5) is 14.6. The van der Waals surface area contributed by atoms with Crippen molar-refractivity contribution < 1.29 is 4.79 Å². The van der Waals surface area contributed by atoms with Crippen molar-refractivity contribution >= 4 is 17.7 Å². The number of rotatable bonds is 10. The van der Waals surface area contributed by atoms with Gasteiger partial charge in [-0.05, 0) is 37.2 Å². The van der Waals surface area contributed by atoms with Crippen molar-refractivity contribution in [2.45, 2.75) is 71.5 Å². The molecule has 1 heterocycles. The summed E-state index contributed by atoms with van der Waals surface area (Å²) >= 11 is 1.91. The zero-order valence-electron chi connectivity index (χ0n) is 13.7. The van der Waals surface area contributed by atoms with E-state index in [2.05, 4.69) is 37.2 Å². The fourth-order valence-corrected chi connectivity index (χ4v) is 3.32. The number of amides is 1. The molecule has 0 spiro atoms. The molecule has 1 aliphatic rings. The first-order chi connectivity index (χ1) is 9.61. The van der Waals surface area contributed by atoms with Gasteiger partial charge in [0.1, 0.15) is 0 Å². The standard InChI is InChI=1S/C16H32N2OS/c1-5-6-10-14-16(19)18(15(17-14)13(2)3)11-8-7-9-12-20-4/h13-15,17H,5-12H2,1-4H3. The Hall–Kier alpha value is -0.220. The van der Waals surface area contributed by atoms with E-state index in [9.17, 15) is 4.79 Å². The molecule has 0 aromatic heterocycles. The molecule has 0 aromatic carbocycles. The molecule has 4 heteroatoms. The smallest absolute Gasteiger partial charge is 0.241 e. The van der Waals surface area contributed by atoms with Crippen molar-refractivity contribution in [3.05, 3.63) is 0 Å². The van der Waals surface area contributed by atoms with E-state index in [0.717, 1.165) is 32.2 Å². The molecule has 1 saturated heterocycles. The first kappa shape index (κ1) is 17.8. The summed E-state index contributed by atoms with van der Waals surface area (Å²) in [6.45, 7) is 7.51. The van der Waals surface area contributed by atoms with Gasteiger partial charge in [0.2, 0.25) is 5.91 Å². The summed E-state index contributed by atoms with van der Waals surface area (Å²) in [5, 5.41) is 3.55. The molecule has 1 aliphatic heterocycles. The minimum atomic E-state index is 0.0635. The van der Waals surface area contributed by atoms with Crippen LogP contribution >= 0.6 is 11.8 Å². The third-order valence-corrected chi connectivity index (χ3v) is 4.71. The molecule has 20 heavy (non-hydrogen) atoms. The first-order valence-corrected chi connectivity index (χ1v) is 9.56. The zero-order chi connectivity index (χ0) is 15.0. The van der Waals surface area contributed by atoms with Crippen LogP contribution in [0.5, 0.6) is 0 Å². The van der Waals surface area contributed by atoms with Crippen LogP contribution in [-0.4, -0.2) is 41.6 Å². The maximum absolute atomic E-state index is 12.5. The molecule has 0 radical (unpaired) electrons. The van der Waals surface area contributed by atoms with Gasteiger partial charge in [-0.15, -0.1) is 0 Å². The monoisotopic (exact) mass is 300 g/mol. The summed E-state index contributed by atoms with van der Waals surface area (Å²) < 4.78 is 0. The van der Waals surface area contributed by atoms with Crippen molar-refractivity contribution in [2.24, 2.45) is 5.92 Å². The van der Waals surface area contributed by atoms with E-state index < -0.39 is 0 Å².